The van der Waals surface area contributed by atoms with Gasteiger partial charge >= 0.3 is 0 Å². The number of hydrogen-bond donors (Lipinski definition) is 2. The van der Waals surface area contributed by atoms with Crippen LogP contribution in [-0.4, -0.2) is 43.6 Å². The van der Waals surface area contributed by atoms with Gasteiger partial charge < -0.3 is 10.6 Å². The Bertz CT molecular complexity index is 892. The standard InChI is InChI=1S/C18H24N4O3S/c1-26(24,25)14-6-7-16-15(11-14)18(22-12-21-16)20-9-8-19-17(23)10-13-4-2-3-5-13/h6-7,11-13H,2-5,8-10H2,1H3,(H,19,23)(H,20,21,22). The molecule has 1 amide bonds. The SMILES string of the molecule is CS(=O)(=O)c1ccc2ncnc(NCCNC(=O)CC3CCCC3)c2c1. The van der Waals surface area contributed by atoms with Gasteiger partial charge in [0, 0.05) is 31.2 Å². The molecule has 26 heavy (non-hydrogen) atoms. The van der Waals surface area contributed by atoms with Crippen LogP contribution in [0, 0.1) is 5.92 Å². The summed E-state index contributed by atoms with van der Waals surface area (Å²) >= 11 is 0. The Kier molecular flexibility index (Phi) is 5.70. The van der Waals surface area contributed by atoms with Crippen molar-refractivity contribution in [3.8, 4) is 0 Å². The zero-order valence-corrected chi connectivity index (χ0v) is 15.7. The summed E-state index contributed by atoms with van der Waals surface area (Å²) in [6.45, 7) is 0.994. The molecule has 1 saturated carbocycles. The lowest BCUT2D eigenvalue weighted by molar-refractivity contribution is -0.121. The zero-order chi connectivity index (χ0) is 18.6. The maximum atomic E-state index is 11.9. The number of fused-ring (bicyclic) bond motifs is 1. The van der Waals surface area contributed by atoms with E-state index in [4.69, 9.17) is 0 Å². The number of aromatic nitrogens is 2. The van der Waals surface area contributed by atoms with Gasteiger partial charge in [-0.3, -0.25) is 4.79 Å². The number of carbonyl (C=O) groups excluding carboxylic acids is 1. The molecule has 1 aliphatic carbocycles. The van der Waals surface area contributed by atoms with Crippen LogP contribution < -0.4 is 10.6 Å². The minimum Gasteiger partial charge on any atom is -0.368 e. The second-order valence-corrected chi connectivity index (χ2v) is 8.82. The highest BCUT2D eigenvalue weighted by molar-refractivity contribution is 7.90. The number of anilines is 1. The minimum atomic E-state index is -3.30. The Balaban J connectivity index is 1.59. The molecule has 2 aromatic rings. The number of carbonyl (C=O) groups is 1. The normalized spacial score (nSPS) is 15.3. The Morgan fingerprint density at radius 3 is 2.69 bits per heavy atom. The molecule has 140 valence electrons. The number of nitrogens with one attached hydrogen (secondary N) is 2. The average Bonchev–Trinajstić information content (AvgIpc) is 3.10. The molecule has 8 heteroatoms. The summed E-state index contributed by atoms with van der Waals surface area (Å²) in [5.74, 6) is 1.18. The Morgan fingerprint density at radius 2 is 1.96 bits per heavy atom. The van der Waals surface area contributed by atoms with Crippen molar-refractivity contribution in [2.24, 2.45) is 5.92 Å². The first-order valence-electron chi connectivity index (χ1n) is 8.89. The van der Waals surface area contributed by atoms with Gasteiger partial charge in [-0.05, 0) is 37.0 Å². The fourth-order valence-corrected chi connectivity index (χ4v) is 3.99. The minimum absolute atomic E-state index is 0.0885. The van der Waals surface area contributed by atoms with E-state index in [2.05, 4.69) is 20.6 Å². The Labute approximate surface area is 153 Å². The van der Waals surface area contributed by atoms with Crippen molar-refractivity contribution in [3.63, 3.8) is 0 Å². The largest absolute Gasteiger partial charge is 0.368 e. The predicted molar refractivity (Wildman–Crippen MR) is 101 cm³/mol. The topological polar surface area (TPSA) is 101 Å². The van der Waals surface area contributed by atoms with E-state index in [1.165, 1.54) is 31.5 Å². The average molecular weight is 376 g/mol. The first kappa shape index (κ1) is 18.6. The quantitative estimate of drug-likeness (QED) is 0.718. The smallest absolute Gasteiger partial charge is 0.220 e. The van der Waals surface area contributed by atoms with Gasteiger partial charge in [-0.1, -0.05) is 12.8 Å². The molecule has 0 radical (unpaired) electrons. The van der Waals surface area contributed by atoms with E-state index in [0.29, 0.717) is 42.1 Å². The van der Waals surface area contributed by atoms with E-state index in [-0.39, 0.29) is 10.8 Å². The van der Waals surface area contributed by atoms with Gasteiger partial charge in [0.1, 0.15) is 12.1 Å². The molecule has 1 fully saturated rings. The lowest BCUT2D eigenvalue weighted by atomic mass is 10.0. The van der Waals surface area contributed by atoms with Crippen LogP contribution in [0.25, 0.3) is 10.9 Å². The van der Waals surface area contributed by atoms with Crippen molar-refractivity contribution in [2.75, 3.05) is 24.7 Å². The van der Waals surface area contributed by atoms with Gasteiger partial charge in [0.2, 0.25) is 5.91 Å². The molecule has 1 aromatic heterocycles. The van der Waals surface area contributed by atoms with Crippen molar-refractivity contribution in [1.82, 2.24) is 15.3 Å². The van der Waals surface area contributed by atoms with Crippen molar-refractivity contribution in [1.29, 1.82) is 0 Å². The van der Waals surface area contributed by atoms with E-state index in [0.717, 1.165) is 12.8 Å². The van der Waals surface area contributed by atoms with Crippen LogP contribution in [0.4, 0.5) is 5.82 Å². The van der Waals surface area contributed by atoms with Crippen LogP contribution in [0.5, 0.6) is 0 Å². The third-order valence-electron chi connectivity index (χ3n) is 4.72. The molecule has 3 rings (SSSR count). The molecular weight excluding hydrogens is 352 g/mol. The summed E-state index contributed by atoms with van der Waals surface area (Å²) in [4.78, 5) is 20.5. The van der Waals surface area contributed by atoms with Crippen molar-refractivity contribution in [3.05, 3.63) is 24.5 Å². The summed E-state index contributed by atoms with van der Waals surface area (Å²) in [6, 6.07) is 4.78. The van der Waals surface area contributed by atoms with E-state index in [9.17, 15) is 13.2 Å². The second-order valence-electron chi connectivity index (χ2n) is 6.80. The summed E-state index contributed by atoms with van der Waals surface area (Å²) in [6.07, 6.45) is 7.98. The predicted octanol–water partition coefficient (Wildman–Crippen LogP) is 2.14. The van der Waals surface area contributed by atoms with Gasteiger partial charge in [-0.25, -0.2) is 18.4 Å². The van der Waals surface area contributed by atoms with Crippen molar-refractivity contribution >= 4 is 32.5 Å². The molecule has 0 aliphatic heterocycles. The van der Waals surface area contributed by atoms with Crippen LogP contribution in [-0.2, 0) is 14.6 Å². The Hall–Kier alpha value is -2.22. The molecule has 1 aromatic carbocycles. The maximum absolute atomic E-state index is 11.9. The van der Waals surface area contributed by atoms with Gasteiger partial charge in [0.25, 0.3) is 0 Å². The first-order chi connectivity index (χ1) is 12.4. The van der Waals surface area contributed by atoms with E-state index in [1.807, 2.05) is 0 Å². The summed E-state index contributed by atoms with van der Waals surface area (Å²) < 4.78 is 23.5. The lowest BCUT2D eigenvalue weighted by Gasteiger charge is -2.11. The van der Waals surface area contributed by atoms with E-state index in [1.54, 1.807) is 12.1 Å². The van der Waals surface area contributed by atoms with E-state index >= 15 is 0 Å². The fraction of sp³-hybridized carbons (Fsp3) is 0.500. The number of benzene rings is 1. The fourth-order valence-electron chi connectivity index (χ4n) is 3.34. The van der Waals surface area contributed by atoms with Gasteiger partial charge in [-0.15, -0.1) is 0 Å². The molecule has 7 nitrogen and oxygen atoms in total. The Morgan fingerprint density at radius 1 is 1.19 bits per heavy atom. The molecule has 1 heterocycles. The summed E-state index contributed by atoms with van der Waals surface area (Å²) in [5.41, 5.74) is 0.667. The summed E-state index contributed by atoms with van der Waals surface area (Å²) in [7, 11) is -3.30. The molecule has 0 unspecified atom stereocenters. The number of hydrogen-bond acceptors (Lipinski definition) is 6. The molecular formula is C18H24N4O3S. The van der Waals surface area contributed by atoms with Crippen molar-refractivity contribution < 1.29 is 13.2 Å². The van der Waals surface area contributed by atoms with Gasteiger partial charge in [-0.2, -0.15) is 0 Å². The molecule has 1 aliphatic rings. The van der Waals surface area contributed by atoms with Crippen LogP contribution in [0.15, 0.2) is 29.4 Å². The van der Waals surface area contributed by atoms with Gasteiger partial charge in [0.15, 0.2) is 9.84 Å². The zero-order valence-electron chi connectivity index (χ0n) is 14.9. The lowest BCUT2D eigenvalue weighted by Crippen LogP contribution is -2.30. The number of nitrogens with zero attached hydrogens (tertiary/aromatic N) is 2. The monoisotopic (exact) mass is 376 g/mol. The van der Waals surface area contributed by atoms with E-state index < -0.39 is 9.84 Å². The van der Waals surface area contributed by atoms with Crippen LogP contribution in [0.2, 0.25) is 0 Å². The highest BCUT2D eigenvalue weighted by Gasteiger charge is 2.18. The number of rotatable bonds is 7. The van der Waals surface area contributed by atoms with Crippen LogP contribution >= 0.6 is 0 Å². The van der Waals surface area contributed by atoms with Crippen molar-refractivity contribution in [2.45, 2.75) is 37.0 Å². The summed E-state index contributed by atoms with van der Waals surface area (Å²) in [5, 5.41) is 6.72. The van der Waals surface area contributed by atoms with Crippen LogP contribution in [0.1, 0.15) is 32.1 Å². The number of amides is 1. The third-order valence-corrected chi connectivity index (χ3v) is 5.83. The van der Waals surface area contributed by atoms with Gasteiger partial charge in [0.05, 0.1) is 10.4 Å². The van der Waals surface area contributed by atoms with Crippen LogP contribution in [0.3, 0.4) is 0 Å². The molecule has 0 bridgehead atoms. The highest BCUT2D eigenvalue weighted by atomic mass is 32.2. The molecule has 0 atom stereocenters. The highest BCUT2D eigenvalue weighted by Crippen LogP contribution is 2.27. The number of sulfone groups is 1. The first-order valence-corrected chi connectivity index (χ1v) is 10.8. The molecule has 2 N–H and O–H groups in total. The maximum Gasteiger partial charge on any atom is 0.220 e. The molecule has 0 saturated heterocycles. The molecule has 0 spiro atoms. The third kappa shape index (κ3) is 4.69. The second kappa shape index (κ2) is 7.99.